The third-order valence-electron chi connectivity index (χ3n) is 7.55. The number of ether oxygens (including phenoxy) is 2. The molecular formula is C29H36N6O3. The molecule has 2 heterocycles. The van der Waals surface area contributed by atoms with Crippen LogP contribution in [-0.2, 0) is 25.9 Å². The van der Waals surface area contributed by atoms with Crippen molar-refractivity contribution in [1.29, 1.82) is 0 Å². The maximum Gasteiger partial charge on any atom is 0.252 e. The van der Waals surface area contributed by atoms with E-state index in [1.54, 1.807) is 14.2 Å². The summed E-state index contributed by atoms with van der Waals surface area (Å²) in [5, 5.41) is 13.8. The molecule has 5 rings (SSSR count). The lowest BCUT2D eigenvalue weighted by molar-refractivity contribution is 0.243. The number of methoxy groups -OCH3 is 2. The molecule has 9 nitrogen and oxygen atoms in total. The molecule has 9 heteroatoms. The Morgan fingerprint density at radius 2 is 1.79 bits per heavy atom. The van der Waals surface area contributed by atoms with Crippen LogP contribution in [0.4, 0.5) is 0 Å². The largest absolute Gasteiger partial charge is 0.493 e. The van der Waals surface area contributed by atoms with Crippen molar-refractivity contribution in [3.63, 3.8) is 0 Å². The molecule has 0 bridgehead atoms. The standard InChI is InChI=1S/C29H36N6O3/c1-4-20-9-11-25-22(15-20)17-23(29(36)30-25)18-34(14-13-21-10-12-26(37-2)27(16-21)38-3)19-28-31-32-33-35(28)24-7-5-6-8-24/h9-12,15-17,24H,4-8,13-14,18-19H2,1-3H3,(H,30,36). The molecule has 2 aromatic heterocycles. The smallest absolute Gasteiger partial charge is 0.252 e. The number of fused-ring (bicyclic) bond motifs is 1. The summed E-state index contributed by atoms with van der Waals surface area (Å²) >= 11 is 0. The van der Waals surface area contributed by atoms with Gasteiger partial charge in [0.1, 0.15) is 0 Å². The zero-order valence-corrected chi connectivity index (χ0v) is 22.4. The zero-order valence-electron chi connectivity index (χ0n) is 22.4. The van der Waals surface area contributed by atoms with Gasteiger partial charge in [-0.25, -0.2) is 4.68 Å². The molecule has 0 aliphatic heterocycles. The first-order valence-electron chi connectivity index (χ1n) is 13.4. The van der Waals surface area contributed by atoms with Crippen LogP contribution in [0.2, 0.25) is 0 Å². The molecule has 38 heavy (non-hydrogen) atoms. The van der Waals surface area contributed by atoms with Gasteiger partial charge in [0.15, 0.2) is 17.3 Å². The fraction of sp³-hybridized carbons (Fsp3) is 0.448. The summed E-state index contributed by atoms with van der Waals surface area (Å²) in [6.45, 7) is 3.91. The Kier molecular flexibility index (Phi) is 8.03. The molecule has 0 saturated heterocycles. The highest BCUT2D eigenvalue weighted by atomic mass is 16.5. The van der Waals surface area contributed by atoms with Crippen molar-refractivity contribution in [1.82, 2.24) is 30.1 Å². The Balaban J connectivity index is 1.42. The van der Waals surface area contributed by atoms with Gasteiger partial charge in [0, 0.05) is 24.2 Å². The lowest BCUT2D eigenvalue weighted by Gasteiger charge is -2.23. The summed E-state index contributed by atoms with van der Waals surface area (Å²) in [7, 11) is 3.28. The maximum atomic E-state index is 13.1. The lowest BCUT2D eigenvalue weighted by atomic mass is 10.1. The van der Waals surface area contributed by atoms with E-state index in [9.17, 15) is 4.79 Å². The Morgan fingerprint density at radius 1 is 1.00 bits per heavy atom. The predicted molar refractivity (Wildman–Crippen MR) is 147 cm³/mol. The molecule has 4 aromatic rings. The average molecular weight is 517 g/mol. The van der Waals surface area contributed by atoms with Gasteiger partial charge < -0.3 is 14.5 Å². The fourth-order valence-corrected chi connectivity index (χ4v) is 5.37. The summed E-state index contributed by atoms with van der Waals surface area (Å²) in [5.74, 6) is 2.26. The van der Waals surface area contributed by atoms with Crippen LogP contribution in [-0.4, -0.2) is 50.9 Å². The van der Waals surface area contributed by atoms with Gasteiger partial charge in [-0.2, -0.15) is 0 Å². The molecule has 1 aliphatic rings. The monoisotopic (exact) mass is 516 g/mol. The van der Waals surface area contributed by atoms with E-state index in [0.717, 1.165) is 60.1 Å². The highest BCUT2D eigenvalue weighted by Crippen LogP contribution is 2.30. The number of aromatic amines is 1. The van der Waals surface area contributed by atoms with Crippen LogP contribution in [0.5, 0.6) is 11.5 Å². The summed E-state index contributed by atoms with van der Waals surface area (Å²) in [5.41, 5.74) is 3.91. The highest BCUT2D eigenvalue weighted by Gasteiger charge is 2.23. The van der Waals surface area contributed by atoms with Crippen molar-refractivity contribution in [2.45, 2.75) is 64.6 Å². The molecule has 0 amide bonds. The second-order valence-electron chi connectivity index (χ2n) is 10.0. The molecule has 1 N–H and O–H groups in total. The Labute approximate surface area is 222 Å². The van der Waals surface area contributed by atoms with Crippen LogP contribution >= 0.6 is 0 Å². The number of nitrogens with zero attached hydrogens (tertiary/aromatic N) is 5. The van der Waals surface area contributed by atoms with Crippen molar-refractivity contribution < 1.29 is 9.47 Å². The normalized spacial score (nSPS) is 14.0. The molecule has 2 aromatic carbocycles. The van der Waals surface area contributed by atoms with Gasteiger partial charge in [-0.1, -0.05) is 31.9 Å². The van der Waals surface area contributed by atoms with E-state index in [-0.39, 0.29) is 5.56 Å². The minimum atomic E-state index is -0.0618. The molecule has 0 spiro atoms. The van der Waals surface area contributed by atoms with Crippen LogP contribution in [0.25, 0.3) is 10.9 Å². The molecule has 1 aliphatic carbocycles. The van der Waals surface area contributed by atoms with Crippen LogP contribution in [0.1, 0.15) is 61.2 Å². The Hall–Kier alpha value is -3.72. The van der Waals surface area contributed by atoms with E-state index < -0.39 is 0 Å². The van der Waals surface area contributed by atoms with Crippen molar-refractivity contribution in [2.24, 2.45) is 0 Å². The number of rotatable bonds is 11. The second-order valence-corrected chi connectivity index (χ2v) is 10.0. The van der Waals surface area contributed by atoms with Crippen LogP contribution < -0.4 is 15.0 Å². The second kappa shape index (κ2) is 11.8. The number of tetrazole rings is 1. The van der Waals surface area contributed by atoms with Crippen molar-refractivity contribution in [3.05, 3.63) is 75.3 Å². The summed E-state index contributed by atoms with van der Waals surface area (Å²) in [6.07, 6.45) is 6.35. The first-order chi connectivity index (χ1) is 18.6. The summed E-state index contributed by atoms with van der Waals surface area (Å²) in [6, 6.07) is 14.6. The first-order valence-corrected chi connectivity index (χ1v) is 13.4. The topological polar surface area (TPSA) is 98.2 Å². The number of nitrogens with one attached hydrogen (secondary N) is 1. The SMILES string of the molecule is CCc1ccc2[nH]c(=O)c(CN(CCc3ccc(OC)c(OC)c3)Cc3nnnn3C3CCCC3)cc2c1. The minimum absolute atomic E-state index is 0.0618. The van der Waals surface area contributed by atoms with Crippen LogP contribution in [0.3, 0.4) is 0 Å². The number of pyridine rings is 1. The lowest BCUT2D eigenvalue weighted by Crippen LogP contribution is -2.30. The van der Waals surface area contributed by atoms with Gasteiger partial charge >= 0.3 is 0 Å². The van der Waals surface area contributed by atoms with Gasteiger partial charge in [-0.05, 0) is 83.0 Å². The number of hydrogen-bond donors (Lipinski definition) is 1. The average Bonchev–Trinajstić information content (AvgIpc) is 3.64. The van der Waals surface area contributed by atoms with Gasteiger partial charge in [-0.3, -0.25) is 9.69 Å². The van der Waals surface area contributed by atoms with Crippen molar-refractivity contribution in [3.8, 4) is 11.5 Å². The van der Waals surface area contributed by atoms with E-state index >= 15 is 0 Å². The third-order valence-corrected chi connectivity index (χ3v) is 7.55. The highest BCUT2D eigenvalue weighted by molar-refractivity contribution is 5.79. The Morgan fingerprint density at radius 3 is 2.55 bits per heavy atom. The zero-order chi connectivity index (χ0) is 26.5. The fourth-order valence-electron chi connectivity index (χ4n) is 5.37. The van der Waals surface area contributed by atoms with Crippen molar-refractivity contribution in [2.75, 3.05) is 20.8 Å². The van der Waals surface area contributed by atoms with Gasteiger partial charge in [0.25, 0.3) is 5.56 Å². The molecule has 1 saturated carbocycles. The maximum absolute atomic E-state index is 13.1. The molecule has 0 unspecified atom stereocenters. The molecule has 200 valence electrons. The molecule has 1 fully saturated rings. The number of hydrogen-bond acceptors (Lipinski definition) is 7. The van der Waals surface area contributed by atoms with E-state index in [2.05, 4.69) is 50.5 Å². The predicted octanol–water partition coefficient (Wildman–Crippen LogP) is 4.45. The van der Waals surface area contributed by atoms with Gasteiger partial charge in [0.2, 0.25) is 0 Å². The molecule has 0 atom stereocenters. The number of H-pyrrole nitrogens is 1. The van der Waals surface area contributed by atoms with Gasteiger partial charge in [-0.15, -0.1) is 5.10 Å². The van der Waals surface area contributed by atoms with E-state index in [4.69, 9.17) is 9.47 Å². The summed E-state index contributed by atoms with van der Waals surface area (Å²) in [4.78, 5) is 18.4. The molecule has 0 radical (unpaired) electrons. The first kappa shape index (κ1) is 25.9. The number of aromatic nitrogens is 5. The van der Waals surface area contributed by atoms with E-state index in [0.29, 0.717) is 30.6 Å². The van der Waals surface area contributed by atoms with Crippen molar-refractivity contribution >= 4 is 10.9 Å². The van der Waals surface area contributed by atoms with E-state index in [1.807, 2.05) is 28.9 Å². The number of aryl methyl sites for hydroxylation is 1. The summed E-state index contributed by atoms with van der Waals surface area (Å²) < 4.78 is 12.9. The van der Waals surface area contributed by atoms with E-state index in [1.165, 1.54) is 18.4 Å². The quantitative estimate of drug-likeness (QED) is 0.314. The third kappa shape index (κ3) is 5.72. The molecular weight excluding hydrogens is 480 g/mol. The van der Waals surface area contributed by atoms with Crippen LogP contribution in [0, 0.1) is 0 Å². The van der Waals surface area contributed by atoms with Crippen LogP contribution in [0.15, 0.2) is 47.3 Å². The van der Waals surface area contributed by atoms with Gasteiger partial charge in [0.05, 0.1) is 26.8 Å². The Bertz CT molecular complexity index is 1440. The number of benzene rings is 2. The minimum Gasteiger partial charge on any atom is -0.493 e.